The van der Waals surface area contributed by atoms with E-state index >= 15 is 0 Å². The summed E-state index contributed by atoms with van der Waals surface area (Å²) in [5.74, 6) is -0.215. The Morgan fingerprint density at radius 1 is 1.50 bits per heavy atom. The molecule has 3 heteroatoms. The van der Waals surface area contributed by atoms with Crippen molar-refractivity contribution < 1.29 is 9.50 Å². The quantitative estimate of drug-likeness (QED) is 0.784. The molecule has 0 heterocycles. The number of phenols is 1. The zero-order chi connectivity index (χ0) is 10.7. The van der Waals surface area contributed by atoms with E-state index in [1.54, 1.807) is 13.8 Å². The van der Waals surface area contributed by atoms with Crippen LogP contribution in [0, 0.1) is 31.0 Å². The first kappa shape index (κ1) is 10.5. The van der Waals surface area contributed by atoms with Gasteiger partial charge in [0.2, 0.25) is 0 Å². The summed E-state index contributed by atoms with van der Waals surface area (Å²) in [5, 5.41) is 18.1. The number of halogens is 1. The maximum absolute atomic E-state index is 13.3. The van der Waals surface area contributed by atoms with Crippen LogP contribution in [0.3, 0.4) is 0 Å². The van der Waals surface area contributed by atoms with Gasteiger partial charge < -0.3 is 5.11 Å². The molecule has 0 spiro atoms. The second-order valence-corrected chi connectivity index (χ2v) is 3.29. The fourth-order valence-corrected chi connectivity index (χ4v) is 1.41. The third kappa shape index (κ3) is 1.85. The molecule has 0 bridgehead atoms. The largest absolute Gasteiger partial charge is 0.507 e. The van der Waals surface area contributed by atoms with Crippen LogP contribution in [-0.4, -0.2) is 5.11 Å². The first-order valence-corrected chi connectivity index (χ1v) is 4.42. The van der Waals surface area contributed by atoms with E-state index in [2.05, 4.69) is 0 Å². The number of hydrogen-bond donors (Lipinski definition) is 1. The van der Waals surface area contributed by atoms with Gasteiger partial charge in [-0.2, -0.15) is 5.26 Å². The molecular weight excluding hydrogens is 181 g/mol. The molecule has 0 amide bonds. The minimum atomic E-state index is -0.326. The molecule has 0 saturated carbocycles. The van der Waals surface area contributed by atoms with Crippen LogP contribution < -0.4 is 0 Å². The Hall–Kier alpha value is -1.56. The fourth-order valence-electron chi connectivity index (χ4n) is 1.41. The van der Waals surface area contributed by atoms with Crippen molar-refractivity contribution in [3.05, 3.63) is 28.6 Å². The van der Waals surface area contributed by atoms with Gasteiger partial charge in [0.15, 0.2) is 0 Å². The molecule has 0 aliphatic rings. The van der Waals surface area contributed by atoms with Crippen LogP contribution in [0.5, 0.6) is 5.75 Å². The molecular formula is C11H12FNO. The van der Waals surface area contributed by atoms with Crippen LogP contribution in [0.25, 0.3) is 0 Å². The van der Waals surface area contributed by atoms with E-state index in [-0.39, 0.29) is 18.0 Å². The molecule has 2 nitrogen and oxygen atoms in total. The highest BCUT2D eigenvalue weighted by Crippen LogP contribution is 2.28. The van der Waals surface area contributed by atoms with E-state index < -0.39 is 0 Å². The predicted octanol–water partition coefficient (Wildman–Crippen LogP) is 2.60. The molecule has 0 fully saturated rings. The van der Waals surface area contributed by atoms with Crippen LogP contribution in [-0.2, 0) is 6.42 Å². The Balaban J connectivity index is 3.19. The summed E-state index contributed by atoms with van der Waals surface area (Å²) in [6.45, 7) is 3.26. The summed E-state index contributed by atoms with van der Waals surface area (Å²) in [7, 11) is 0. The lowest BCUT2D eigenvalue weighted by atomic mass is 9.99. The molecule has 1 aromatic carbocycles. The molecule has 1 N–H and O–H groups in total. The van der Waals surface area contributed by atoms with Gasteiger partial charge in [-0.25, -0.2) is 4.39 Å². The molecule has 74 valence electrons. The SMILES string of the molecule is Cc1cc(F)c(C)c(CCC#N)c1O. The van der Waals surface area contributed by atoms with E-state index in [1.165, 1.54) is 6.07 Å². The summed E-state index contributed by atoms with van der Waals surface area (Å²) in [6.07, 6.45) is 0.685. The molecule has 0 atom stereocenters. The van der Waals surface area contributed by atoms with E-state index in [9.17, 15) is 9.50 Å². The van der Waals surface area contributed by atoms with Crippen molar-refractivity contribution in [2.45, 2.75) is 26.7 Å². The van der Waals surface area contributed by atoms with Crippen LogP contribution in [0.4, 0.5) is 4.39 Å². The molecule has 14 heavy (non-hydrogen) atoms. The van der Waals surface area contributed by atoms with Crippen molar-refractivity contribution in [2.24, 2.45) is 0 Å². The number of aromatic hydroxyl groups is 1. The van der Waals surface area contributed by atoms with Crippen molar-refractivity contribution in [3.8, 4) is 11.8 Å². The Kier molecular flexibility index (Phi) is 3.08. The van der Waals surface area contributed by atoms with Gasteiger partial charge in [0.05, 0.1) is 6.07 Å². The minimum absolute atomic E-state index is 0.110. The van der Waals surface area contributed by atoms with Crippen molar-refractivity contribution >= 4 is 0 Å². The minimum Gasteiger partial charge on any atom is -0.507 e. The highest BCUT2D eigenvalue weighted by atomic mass is 19.1. The summed E-state index contributed by atoms with van der Waals surface area (Å²) in [6, 6.07) is 3.28. The molecule has 0 aliphatic carbocycles. The zero-order valence-electron chi connectivity index (χ0n) is 8.26. The van der Waals surface area contributed by atoms with Crippen LogP contribution in [0.2, 0.25) is 0 Å². The van der Waals surface area contributed by atoms with Gasteiger partial charge in [-0.1, -0.05) is 0 Å². The first-order chi connectivity index (χ1) is 6.57. The molecule has 1 aromatic rings. The number of hydrogen-bond acceptors (Lipinski definition) is 2. The standard InChI is InChI=1S/C11H12FNO/c1-7-6-10(12)8(2)9(11(7)14)4-3-5-13/h6,14H,3-4H2,1-2H3. The summed E-state index contributed by atoms with van der Waals surface area (Å²) in [4.78, 5) is 0. The third-order valence-electron chi connectivity index (χ3n) is 2.30. The Morgan fingerprint density at radius 2 is 2.14 bits per heavy atom. The van der Waals surface area contributed by atoms with Crippen molar-refractivity contribution in [2.75, 3.05) is 0 Å². The Morgan fingerprint density at radius 3 is 2.71 bits per heavy atom. The van der Waals surface area contributed by atoms with Gasteiger partial charge in [-0.3, -0.25) is 0 Å². The molecule has 1 rings (SSSR count). The number of phenolic OH excluding ortho intramolecular Hbond substituents is 1. The lowest BCUT2D eigenvalue weighted by Crippen LogP contribution is -1.96. The first-order valence-electron chi connectivity index (χ1n) is 4.42. The number of benzene rings is 1. The monoisotopic (exact) mass is 193 g/mol. The molecule has 0 aliphatic heterocycles. The van der Waals surface area contributed by atoms with Crippen LogP contribution in [0.1, 0.15) is 23.1 Å². The molecule has 0 saturated heterocycles. The summed E-state index contributed by atoms with van der Waals surface area (Å²) >= 11 is 0. The second kappa shape index (κ2) is 4.10. The zero-order valence-corrected chi connectivity index (χ0v) is 8.26. The molecule has 0 aromatic heterocycles. The third-order valence-corrected chi connectivity index (χ3v) is 2.30. The summed E-state index contributed by atoms with van der Waals surface area (Å²) in [5.41, 5.74) is 1.49. The number of aryl methyl sites for hydroxylation is 1. The van der Waals surface area contributed by atoms with Gasteiger partial charge in [0.1, 0.15) is 11.6 Å². The highest BCUT2D eigenvalue weighted by molar-refractivity contribution is 5.45. The molecule has 0 radical (unpaired) electrons. The lowest BCUT2D eigenvalue weighted by Gasteiger charge is -2.10. The van der Waals surface area contributed by atoms with Crippen molar-refractivity contribution in [3.63, 3.8) is 0 Å². The molecule has 0 unspecified atom stereocenters. The average Bonchev–Trinajstić information content (AvgIpc) is 2.15. The second-order valence-electron chi connectivity index (χ2n) is 3.29. The van der Waals surface area contributed by atoms with Crippen molar-refractivity contribution in [1.29, 1.82) is 5.26 Å². The maximum Gasteiger partial charge on any atom is 0.126 e. The number of nitriles is 1. The predicted molar refractivity (Wildman–Crippen MR) is 51.5 cm³/mol. The Labute approximate surface area is 82.6 Å². The van der Waals surface area contributed by atoms with Crippen LogP contribution in [0.15, 0.2) is 6.07 Å². The van der Waals surface area contributed by atoms with Gasteiger partial charge in [-0.15, -0.1) is 0 Å². The van der Waals surface area contributed by atoms with Gasteiger partial charge in [0, 0.05) is 12.0 Å². The summed E-state index contributed by atoms with van der Waals surface area (Å²) < 4.78 is 13.3. The Bertz CT molecular complexity index is 367. The lowest BCUT2D eigenvalue weighted by molar-refractivity contribution is 0.459. The fraction of sp³-hybridized carbons (Fsp3) is 0.364. The van der Waals surface area contributed by atoms with Gasteiger partial charge in [-0.05, 0) is 37.5 Å². The smallest absolute Gasteiger partial charge is 0.126 e. The number of nitrogens with zero attached hydrogens (tertiary/aromatic N) is 1. The van der Waals surface area contributed by atoms with Gasteiger partial charge >= 0.3 is 0 Å². The van der Waals surface area contributed by atoms with E-state index in [1.807, 2.05) is 6.07 Å². The van der Waals surface area contributed by atoms with Crippen molar-refractivity contribution in [1.82, 2.24) is 0 Å². The van der Waals surface area contributed by atoms with Gasteiger partial charge in [0.25, 0.3) is 0 Å². The maximum atomic E-state index is 13.3. The number of rotatable bonds is 2. The van der Waals surface area contributed by atoms with E-state index in [0.29, 0.717) is 23.1 Å². The van der Waals surface area contributed by atoms with E-state index in [0.717, 1.165) is 0 Å². The normalized spacial score (nSPS) is 9.86. The topological polar surface area (TPSA) is 44.0 Å². The van der Waals surface area contributed by atoms with Crippen LogP contribution >= 0.6 is 0 Å². The highest BCUT2D eigenvalue weighted by Gasteiger charge is 2.11. The van der Waals surface area contributed by atoms with E-state index in [4.69, 9.17) is 5.26 Å². The average molecular weight is 193 g/mol.